The van der Waals surface area contributed by atoms with Gasteiger partial charge in [-0.3, -0.25) is 0 Å². The molecule has 0 fully saturated rings. The molecule has 94 valence electrons. The van der Waals surface area contributed by atoms with E-state index >= 15 is 0 Å². The zero-order valence-electron chi connectivity index (χ0n) is 10.3. The molecule has 0 N–H and O–H groups in total. The van der Waals surface area contributed by atoms with E-state index in [1.165, 1.54) is 12.1 Å². The number of halogens is 2. The summed E-state index contributed by atoms with van der Waals surface area (Å²) in [5.41, 5.74) is 3.05. The summed E-state index contributed by atoms with van der Waals surface area (Å²) in [6, 6.07) is 10.7. The number of hydrogen-bond donors (Lipinski definition) is 0. The monoisotopic (exact) mass is 264 g/mol. The molecule has 0 atom stereocenters. The van der Waals surface area contributed by atoms with Crippen molar-refractivity contribution < 1.29 is 9.13 Å². The number of ether oxygens (including phenoxy) is 1. The number of rotatable bonds is 3. The maximum Gasteiger partial charge on any atom is 0.142 e. The minimum absolute atomic E-state index is 0.130. The third-order valence-corrected chi connectivity index (χ3v) is 2.89. The first-order valence-corrected chi connectivity index (χ1v) is 6.07. The van der Waals surface area contributed by atoms with E-state index in [2.05, 4.69) is 6.07 Å². The molecule has 2 aromatic carbocycles. The molecule has 0 unspecified atom stereocenters. The Labute approximate surface area is 111 Å². The molecule has 0 radical (unpaired) electrons. The first-order chi connectivity index (χ1) is 8.54. The van der Waals surface area contributed by atoms with Gasteiger partial charge in [-0.25, -0.2) is 4.39 Å². The highest BCUT2D eigenvalue weighted by molar-refractivity contribution is 6.30. The molecular formula is C15H14ClFO. The zero-order chi connectivity index (χ0) is 13.1. The zero-order valence-corrected chi connectivity index (χ0v) is 11.1. The van der Waals surface area contributed by atoms with Crippen molar-refractivity contribution in [3.8, 4) is 5.75 Å². The Morgan fingerprint density at radius 3 is 2.33 bits per heavy atom. The normalized spacial score (nSPS) is 10.4. The second kappa shape index (κ2) is 5.40. The van der Waals surface area contributed by atoms with Crippen LogP contribution in [0.5, 0.6) is 5.75 Å². The smallest absolute Gasteiger partial charge is 0.142 e. The third kappa shape index (κ3) is 3.23. The third-order valence-electron chi connectivity index (χ3n) is 2.58. The van der Waals surface area contributed by atoms with Crippen LogP contribution in [-0.2, 0) is 6.61 Å². The van der Waals surface area contributed by atoms with Crippen LogP contribution in [0.1, 0.15) is 16.7 Å². The van der Waals surface area contributed by atoms with Crippen molar-refractivity contribution >= 4 is 11.6 Å². The van der Waals surface area contributed by atoms with E-state index in [1.54, 1.807) is 6.07 Å². The van der Waals surface area contributed by atoms with Crippen LogP contribution in [0.3, 0.4) is 0 Å². The molecule has 0 amide bonds. The maximum absolute atomic E-state index is 13.2. The average molecular weight is 265 g/mol. The van der Waals surface area contributed by atoms with Gasteiger partial charge in [0.15, 0.2) is 0 Å². The van der Waals surface area contributed by atoms with Gasteiger partial charge in [-0.1, -0.05) is 23.7 Å². The molecule has 1 nitrogen and oxygen atoms in total. The topological polar surface area (TPSA) is 9.23 Å². The second-order valence-corrected chi connectivity index (χ2v) is 4.77. The summed E-state index contributed by atoms with van der Waals surface area (Å²) in [6.45, 7) is 4.36. The Balaban J connectivity index is 2.08. The molecule has 3 heteroatoms. The van der Waals surface area contributed by atoms with Gasteiger partial charge in [-0.15, -0.1) is 0 Å². The highest BCUT2D eigenvalue weighted by atomic mass is 35.5. The summed E-state index contributed by atoms with van der Waals surface area (Å²) in [5.74, 6) is 0.376. The number of aryl methyl sites for hydroxylation is 2. The van der Waals surface area contributed by atoms with E-state index in [0.29, 0.717) is 6.61 Å². The fraction of sp³-hybridized carbons (Fsp3) is 0.200. The van der Waals surface area contributed by atoms with Crippen LogP contribution in [0.2, 0.25) is 5.02 Å². The summed E-state index contributed by atoms with van der Waals surface area (Å²) >= 11 is 5.62. The lowest BCUT2D eigenvalue weighted by Gasteiger charge is -2.08. The van der Waals surface area contributed by atoms with E-state index < -0.39 is 5.82 Å². The summed E-state index contributed by atoms with van der Waals surface area (Å²) in [7, 11) is 0. The molecule has 2 aromatic rings. The van der Waals surface area contributed by atoms with E-state index in [4.69, 9.17) is 16.3 Å². The van der Waals surface area contributed by atoms with E-state index in [0.717, 1.165) is 22.4 Å². The lowest BCUT2D eigenvalue weighted by Crippen LogP contribution is -1.97. The van der Waals surface area contributed by atoms with Crippen molar-refractivity contribution in [1.29, 1.82) is 0 Å². The average Bonchev–Trinajstić information content (AvgIpc) is 2.29. The molecule has 0 heterocycles. The fourth-order valence-electron chi connectivity index (χ4n) is 1.81. The molecule has 0 saturated heterocycles. The van der Waals surface area contributed by atoms with Crippen molar-refractivity contribution in [3.05, 3.63) is 63.9 Å². The minimum atomic E-state index is -0.418. The largest absolute Gasteiger partial charge is 0.489 e. The molecule has 0 bridgehead atoms. The van der Waals surface area contributed by atoms with Gasteiger partial charge >= 0.3 is 0 Å². The van der Waals surface area contributed by atoms with Gasteiger partial charge in [0.05, 0.1) is 5.02 Å². The van der Waals surface area contributed by atoms with Crippen LogP contribution < -0.4 is 4.74 Å². The van der Waals surface area contributed by atoms with Gasteiger partial charge in [-0.05, 0) is 54.8 Å². The summed E-state index contributed by atoms with van der Waals surface area (Å²) < 4.78 is 18.9. The summed E-state index contributed by atoms with van der Waals surface area (Å²) in [4.78, 5) is 0. The van der Waals surface area contributed by atoms with Crippen LogP contribution in [0.15, 0.2) is 36.4 Å². The number of hydrogen-bond acceptors (Lipinski definition) is 1. The Bertz CT molecular complexity index is 546. The standard InChI is InChI=1S/C15H14ClFO/c1-10-5-11(2)7-13(6-10)18-9-12-3-4-14(16)15(17)8-12/h3-8H,9H2,1-2H3. The van der Waals surface area contributed by atoms with Crippen molar-refractivity contribution in [2.24, 2.45) is 0 Å². The van der Waals surface area contributed by atoms with E-state index in [9.17, 15) is 4.39 Å². The van der Waals surface area contributed by atoms with Gasteiger partial charge < -0.3 is 4.74 Å². The van der Waals surface area contributed by atoms with Gasteiger partial charge in [0.25, 0.3) is 0 Å². The van der Waals surface area contributed by atoms with Crippen molar-refractivity contribution in [3.63, 3.8) is 0 Å². The first-order valence-electron chi connectivity index (χ1n) is 5.69. The van der Waals surface area contributed by atoms with Crippen LogP contribution in [-0.4, -0.2) is 0 Å². The van der Waals surface area contributed by atoms with Crippen molar-refractivity contribution in [2.75, 3.05) is 0 Å². The summed E-state index contributed by atoms with van der Waals surface area (Å²) in [5, 5.41) is 0.130. The Morgan fingerprint density at radius 2 is 1.72 bits per heavy atom. The highest BCUT2D eigenvalue weighted by Crippen LogP contribution is 2.19. The Kier molecular flexibility index (Phi) is 3.87. The number of benzene rings is 2. The van der Waals surface area contributed by atoms with Gasteiger partial charge in [-0.2, -0.15) is 0 Å². The predicted octanol–water partition coefficient (Wildman–Crippen LogP) is 4.67. The maximum atomic E-state index is 13.2. The van der Waals surface area contributed by atoms with Gasteiger partial charge in [0, 0.05) is 0 Å². The second-order valence-electron chi connectivity index (χ2n) is 4.36. The molecule has 0 aromatic heterocycles. The van der Waals surface area contributed by atoms with Crippen molar-refractivity contribution in [1.82, 2.24) is 0 Å². The van der Waals surface area contributed by atoms with Gasteiger partial charge in [0.1, 0.15) is 18.2 Å². The highest BCUT2D eigenvalue weighted by Gasteiger charge is 2.02. The molecule has 0 aliphatic rings. The minimum Gasteiger partial charge on any atom is -0.489 e. The van der Waals surface area contributed by atoms with Crippen molar-refractivity contribution in [2.45, 2.75) is 20.5 Å². The van der Waals surface area contributed by atoms with Crippen LogP contribution in [0, 0.1) is 19.7 Å². The van der Waals surface area contributed by atoms with E-state index in [-0.39, 0.29) is 5.02 Å². The molecule has 0 saturated carbocycles. The lowest BCUT2D eigenvalue weighted by atomic mass is 10.1. The first kappa shape index (κ1) is 12.9. The summed E-state index contributed by atoms with van der Waals surface area (Å²) in [6.07, 6.45) is 0. The van der Waals surface area contributed by atoms with Crippen LogP contribution in [0.25, 0.3) is 0 Å². The molecule has 18 heavy (non-hydrogen) atoms. The SMILES string of the molecule is Cc1cc(C)cc(OCc2ccc(Cl)c(F)c2)c1. The molecule has 0 aliphatic heterocycles. The van der Waals surface area contributed by atoms with E-state index in [1.807, 2.05) is 26.0 Å². The predicted molar refractivity (Wildman–Crippen MR) is 71.7 cm³/mol. The Hall–Kier alpha value is -1.54. The van der Waals surface area contributed by atoms with Crippen LogP contribution in [0.4, 0.5) is 4.39 Å². The Morgan fingerprint density at radius 1 is 1.06 bits per heavy atom. The fourth-order valence-corrected chi connectivity index (χ4v) is 1.93. The van der Waals surface area contributed by atoms with Gasteiger partial charge in [0.2, 0.25) is 0 Å². The molecular weight excluding hydrogens is 251 g/mol. The van der Waals surface area contributed by atoms with Crippen LogP contribution >= 0.6 is 11.6 Å². The molecule has 0 aliphatic carbocycles. The quantitative estimate of drug-likeness (QED) is 0.782. The molecule has 2 rings (SSSR count). The lowest BCUT2D eigenvalue weighted by molar-refractivity contribution is 0.305. The molecule has 0 spiro atoms.